The summed E-state index contributed by atoms with van der Waals surface area (Å²) in [5.41, 5.74) is 7.51. The average Bonchev–Trinajstić information content (AvgIpc) is 2.69. The number of carbonyl (C=O) groups is 1. The fourth-order valence-corrected chi connectivity index (χ4v) is 3.01. The Morgan fingerprint density at radius 2 is 1.95 bits per heavy atom. The van der Waals surface area contributed by atoms with Crippen LogP contribution in [0.2, 0.25) is 0 Å². The Kier molecular flexibility index (Phi) is 3.79. The number of nitrogen functional groups attached to an aromatic ring is 1. The molecule has 0 aromatic carbocycles. The van der Waals surface area contributed by atoms with Crippen molar-refractivity contribution >= 4 is 33.1 Å². The molecular weight excluding hydrogens is 305 g/mol. The van der Waals surface area contributed by atoms with E-state index in [2.05, 4.69) is 10.2 Å². The first-order valence-corrected chi connectivity index (χ1v) is 6.77. The van der Waals surface area contributed by atoms with Crippen LogP contribution in [0.5, 0.6) is 0 Å². The van der Waals surface area contributed by atoms with Crippen LogP contribution >= 0.6 is 11.3 Å². The van der Waals surface area contributed by atoms with Gasteiger partial charge in [0.25, 0.3) is 5.91 Å². The van der Waals surface area contributed by atoms with Gasteiger partial charge in [-0.3, -0.25) is 4.79 Å². The second-order valence-corrected chi connectivity index (χ2v) is 5.71. The Morgan fingerprint density at radius 1 is 1.33 bits per heavy atom. The molecule has 0 spiro atoms. The zero-order valence-corrected chi connectivity index (χ0v) is 12.4. The van der Waals surface area contributed by atoms with Crippen LogP contribution in [0, 0.1) is 13.8 Å². The number of aromatic nitrogens is 2. The minimum atomic E-state index is -4.46. The van der Waals surface area contributed by atoms with Gasteiger partial charge in [-0.15, -0.1) is 16.4 Å². The summed E-state index contributed by atoms with van der Waals surface area (Å²) >= 11 is 0.952. The number of carbonyl (C=O) groups excluding carboxylic acids is 1. The first-order chi connectivity index (χ1) is 9.61. The van der Waals surface area contributed by atoms with Crippen molar-refractivity contribution in [3.8, 4) is 0 Å². The van der Waals surface area contributed by atoms with Gasteiger partial charge in [0.05, 0.1) is 11.4 Å². The molecule has 0 unspecified atom stereocenters. The van der Waals surface area contributed by atoms with Crippen LogP contribution in [-0.4, -0.2) is 40.8 Å². The quantitative estimate of drug-likeness (QED) is 0.923. The molecule has 9 heteroatoms. The number of hydrogen-bond donors (Lipinski definition) is 1. The lowest BCUT2D eigenvalue weighted by Gasteiger charge is -2.18. The van der Waals surface area contributed by atoms with E-state index < -0.39 is 18.6 Å². The lowest BCUT2D eigenvalue weighted by atomic mass is 10.1. The monoisotopic (exact) mass is 318 g/mol. The average molecular weight is 318 g/mol. The highest BCUT2D eigenvalue weighted by atomic mass is 32.1. The lowest BCUT2D eigenvalue weighted by Crippen LogP contribution is -2.35. The molecule has 2 rings (SSSR count). The Morgan fingerprint density at radius 3 is 2.52 bits per heavy atom. The van der Waals surface area contributed by atoms with Crippen LogP contribution in [-0.2, 0) is 0 Å². The number of alkyl halides is 3. The van der Waals surface area contributed by atoms with Crippen molar-refractivity contribution in [2.75, 3.05) is 19.3 Å². The number of anilines is 1. The molecule has 0 aliphatic carbocycles. The van der Waals surface area contributed by atoms with Crippen molar-refractivity contribution in [1.82, 2.24) is 15.1 Å². The van der Waals surface area contributed by atoms with Gasteiger partial charge in [-0.25, -0.2) is 0 Å². The van der Waals surface area contributed by atoms with E-state index >= 15 is 0 Å². The lowest BCUT2D eigenvalue weighted by molar-refractivity contribution is -0.138. The van der Waals surface area contributed by atoms with Crippen LogP contribution in [0.1, 0.15) is 20.9 Å². The summed E-state index contributed by atoms with van der Waals surface area (Å²) in [6.07, 6.45) is -4.46. The van der Waals surface area contributed by atoms with Gasteiger partial charge in [-0.1, -0.05) is 0 Å². The highest BCUT2D eigenvalue weighted by Gasteiger charge is 2.33. The summed E-state index contributed by atoms with van der Waals surface area (Å²) in [7, 11) is 1.09. The van der Waals surface area contributed by atoms with Crippen molar-refractivity contribution in [2.45, 2.75) is 20.0 Å². The molecule has 0 aliphatic rings. The summed E-state index contributed by atoms with van der Waals surface area (Å²) in [6.45, 7) is 2.20. The second-order valence-electron chi connectivity index (χ2n) is 4.71. The third-order valence-corrected chi connectivity index (χ3v) is 4.17. The zero-order valence-electron chi connectivity index (χ0n) is 11.6. The molecule has 1 amide bonds. The maximum Gasteiger partial charge on any atom is 0.406 e. The number of nitrogens with two attached hydrogens (primary N) is 1. The number of amides is 1. The van der Waals surface area contributed by atoms with Crippen LogP contribution in [0.4, 0.5) is 18.9 Å². The van der Waals surface area contributed by atoms with Gasteiger partial charge in [0.2, 0.25) is 0 Å². The van der Waals surface area contributed by atoms with Gasteiger partial charge in [0.15, 0.2) is 0 Å². The number of hydrogen-bond acceptors (Lipinski definition) is 5. The third kappa shape index (κ3) is 2.92. The minimum absolute atomic E-state index is 0.0553. The van der Waals surface area contributed by atoms with Crippen molar-refractivity contribution in [3.63, 3.8) is 0 Å². The summed E-state index contributed by atoms with van der Waals surface area (Å²) in [6, 6.07) is 0. The molecule has 0 fully saturated rings. The SMILES string of the molecule is Cc1nnc2sc(C(=O)N(C)CC(F)(F)F)c(N)c2c1C. The summed E-state index contributed by atoms with van der Waals surface area (Å²) in [5, 5.41) is 8.44. The van der Waals surface area contributed by atoms with Crippen LogP contribution in [0.25, 0.3) is 10.2 Å². The molecule has 0 saturated carbocycles. The topological polar surface area (TPSA) is 72.1 Å². The number of thiophene rings is 1. The number of nitrogens with zero attached hydrogens (tertiary/aromatic N) is 3. The van der Waals surface area contributed by atoms with E-state index in [0.717, 1.165) is 23.9 Å². The van der Waals surface area contributed by atoms with Crippen LogP contribution in [0.3, 0.4) is 0 Å². The van der Waals surface area contributed by atoms with Crippen molar-refractivity contribution in [1.29, 1.82) is 0 Å². The molecule has 0 atom stereocenters. The van der Waals surface area contributed by atoms with Gasteiger partial charge in [0, 0.05) is 12.4 Å². The number of fused-ring (bicyclic) bond motifs is 1. The maximum absolute atomic E-state index is 12.4. The number of halogens is 3. The number of aryl methyl sites for hydroxylation is 2. The van der Waals surface area contributed by atoms with Crippen molar-refractivity contribution < 1.29 is 18.0 Å². The molecule has 21 heavy (non-hydrogen) atoms. The molecule has 2 N–H and O–H groups in total. The Bertz CT molecular complexity index is 711. The summed E-state index contributed by atoms with van der Waals surface area (Å²) in [4.78, 5) is 13.2. The van der Waals surface area contributed by atoms with E-state index in [-0.39, 0.29) is 10.6 Å². The molecule has 114 valence electrons. The molecule has 0 aliphatic heterocycles. The standard InChI is InChI=1S/C12H13F3N4OS/c1-5-6(2)17-18-10-7(5)8(16)9(21-10)11(20)19(3)4-12(13,14)15/h4,16H2,1-3H3. The van der Waals surface area contributed by atoms with E-state index in [9.17, 15) is 18.0 Å². The molecule has 2 aromatic rings. The van der Waals surface area contributed by atoms with E-state index in [4.69, 9.17) is 5.73 Å². The summed E-state index contributed by atoms with van der Waals surface area (Å²) < 4.78 is 37.1. The van der Waals surface area contributed by atoms with E-state index in [0.29, 0.717) is 20.8 Å². The molecule has 5 nitrogen and oxygen atoms in total. The summed E-state index contributed by atoms with van der Waals surface area (Å²) in [5.74, 6) is -0.773. The van der Waals surface area contributed by atoms with Crippen molar-refractivity contribution in [2.24, 2.45) is 0 Å². The Balaban J connectivity index is 2.46. The molecule has 2 heterocycles. The second kappa shape index (κ2) is 5.14. The van der Waals surface area contributed by atoms with Crippen LogP contribution in [0.15, 0.2) is 0 Å². The van der Waals surface area contributed by atoms with Gasteiger partial charge in [-0.2, -0.15) is 18.3 Å². The Hall–Kier alpha value is -1.90. The van der Waals surface area contributed by atoms with Gasteiger partial charge in [0.1, 0.15) is 16.3 Å². The van der Waals surface area contributed by atoms with Crippen molar-refractivity contribution in [3.05, 3.63) is 16.1 Å². The molecule has 0 bridgehead atoms. The van der Waals surface area contributed by atoms with E-state index in [1.54, 1.807) is 13.8 Å². The predicted molar refractivity (Wildman–Crippen MR) is 74.3 cm³/mol. The normalized spacial score (nSPS) is 11.9. The first kappa shape index (κ1) is 15.5. The predicted octanol–water partition coefficient (Wildman–Crippen LogP) is 2.52. The Labute approximate surface area is 122 Å². The van der Waals surface area contributed by atoms with E-state index in [1.165, 1.54) is 0 Å². The fraction of sp³-hybridized carbons (Fsp3) is 0.417. The van der Waals surface area contributed by atoms with E-state index in [1.807, 2.05) is 0 Å². The highest BCUT2D eigenvalue weighted by molar-refractivity contribution is 7.21. The molecular formula is C12H13F3N4OS. The maximum atomic E-state index is 12.4. The smallest absolute Gasteiger partial charge is 0.397 e. The minimum Gasteiger partial charge on any atom is -0.397 e. The molecule has 0 radical (unpaired) electrons. The first-order valence-electron chi connectivity index (χ1n) is 5.96. The fourth-order valence-electron chi connectivity index (χ4n) is 1.91. The van der Waals surface area contributed by atoms with Gasteiger partial charge >= 0.3 is 6.18 Å². The van der Waals surface area contributed by atoms with Crippen LogP contribution < -0.4 is 5.73 Å². The van der Waals surface area contributed by atoms with Gasteiger partial charge in [-0.05, 0) is 19.4 Å². The molecule has 0 saturated heterocycles. The highest BCUT2D eigenvalue weighted by Crippen LogP contribution is 2.35. The third-order valence-electron chi connectivity index (χ3n) is 3.09. The van der Waals surface area contributed by atoms with Gasteiger partial charge < -0.3 is 10.6 Å². The number of rotatable bonds is 2. The molecule has 2 aromatic heterocycles. The zero-order chi connectivity index (χ0) is 15.9. The largest absolute Gasteiger partial charge is 0.406 e.